The fraction of sp³-hybridized carbons (Fsp3) is 1.00. The van der Waals surface area contributed by atoms with Crippen LogP contribution in [-0.2, 0) is 4.74 Å². The van der Waals surface area contributed by atoms with Gasteiger partial charge in [0.25, 0.3) is 0 Å². The molecule has 1 aliphatic rings. The van der Waals surface area contributed by atoms with Gasteiger partial charge in [0.2, 0.25) is 0 Å². The van der Waals surface area contributed by atoms with Gasteiger partial charge in [-0.3, -0.25) is 0 Å². The van der Waals surface area contributed by atoms with Crippen molar-refractivity contribution in [1.29, 1.82) is 0 Å². The van der Waals surface area contributed by atoms with Crippen LogP contribution in [-0.4, -0.2) is 37.7 Å². The minimum absolute atomic E-state index is 0.362. The van der Waals surface area contributed by atoms with Crippen molar-refractivity contribution in [2.24, 2.45) is 5.92 Å². The largest absolute Gasteiger partial charge is 0.381 e. The molecule has 0 heterocycles. The van der Waals surface area contributed by atoms with E-state index in [0.29, 0.717) is 17.6 Å². The van der Waals surface area contributed by atoms with E-state index in [0.717, 1.165) is 6.42 Å². The molecule has 1 aliphatic carbocycles. The van der Waals surface area contributed by atoms with Crippen molar-refractivity contribution in [3.05, 3.63) is 0 Å². The molecule has 1 rings (SSSR count). The minimum Gasteiger partial charge on any atom is -0.381 e. The van der Waals surface area contributed by atoms with E-state index < -0.39 is 0 Å². The van der Waals surface area contributed by atoms with Crippen molar-refractivity contribution in [2.75, 3.05) is 21.2 Å². The number of ether oxygens (including phenoxy) is 1. The Hall–Kier alpha value is -0.0800. The summed E-state index contributed by atoms with van der Waals surface area (Å²) < 4.78 is 5.32. The first-order valence-electron chi connectivity index (χ1n) is 4.22. The lowest BCUT2D eigenvalue weighted by Crippen LogP contribution is -2.62. The second-order valence-electron chi connectivity index (χ2n) is 4.02. The van der Waals surface area contributed by atoms with Crippen molar-refractivity contribution in [3.63, 3.8) is 0 Å². The molecule has 0 bridgehead atoms. The third-order valence-corrected chi connectivity index (χ3v) is 3.48. The van der Waals surface area contributed by atoms with Gasteiger partial charge in [0, 0.05) is 18.6 Å². The van der Waals surface area contributed by atoms with Gasteiger partial charge in [-0.1, -0.05) is 6.92 Å². The van der Waals surface area contributed by atoms with E-state index in [9.17, 15) is 0 Å². The third-order valence-electron chi connectivity index (χ3n) is 3.48. The quantitative estimate of drug-likeness (QED) is 0.600. The average molecular weight is 157 g/mol. The predicted molar refractivity (Wildman–Crippen MR) is 46.7 cm³/mol. The molecule has 1 fully saturated rings. The van der Waals surface area contributed by atoms with E-state index >= 15 is 0 Å². The molecular formula is C9H19NO. The van der Waals surface area contributed by atoms with Crippen LogP contribution in [0.4, 0.5) is 0 Å². The van der Waals surface area contributed by atoms with E-state index in [2.05, 4.69) is 32.8 Å². The number of rotatable bonds is 2. The Morgan fingerprint density at radius 2 is 2.00 bits per heavy atom. The fourth-order valence-corrected chi connectivity index (χ4v) is 1.89. The molecule has 0 spiro atoms. The maximum atomic E-state index is 5.32. The Morgan fingerprint density at radius 3 is 2.27 bits per heavy atom. The molecule has 1 saturated carbocycles. The maximum Gasteiger partial charge on any atom is 0.0632 e. The SMILES string of the molecule is COC1CC(C)(N(C)C)C1C. The Morgan fingerprint density at radius 1 is 1.45 bits per heavy atom. The molecule has 0 amide bonds. The van der Waals surface area contributed by atoms with Crippen LogP contribution in [0.25, 0.3) is 0 Å². The number of hydrogen-bond donors (Lipinski definition) is 0. The first kappa shape index (κ1) is 9.01. The van der Waals surface area contributed by atoms with Gasteiger partial charge in [-0.25, -0.2) is 0 Å². The normalized spacial score (nSPS) is 44.2. The second kappa shape index (κ2) is 2.76. The smallest absolute Gasteiger partial charge is 0.0632 e. The van der Waals surface area contributed by atoms with Gasteiger partial charge in [0.05, 0.1) is 6.10 Å². The van der Waals surface area contributed by atoms with Crippen molar-refractivity contribution in [1.82, 2.24) is 4.90 Å². The first-order chi connectivity index (χ1) is 5.02. The van der Waals surface area contributed by atoms with E-state index in [1.54, 1.807) is 7.11 Å². The lowest BCUT2D eigenvalue weighted by atomic mass is 9.65. The van der Waals surface area contributed by atoms with Crippen molar-refractivity contribution in [2.45, 2.75) is 31.9 Å². The molecule has 0 radical (unpaired) electrons. The Bertz CT molecular complexity index is 146. The maximum absolute atomic E-state index is 5.32. The van der Waals surface area contributed by atoms with Crippen molar-refractivity contribution in [3.8, 4) is 0 Å². The summed E-state index contributed by atoms with van der Waals surface area (Å²) in [6.07, 6.45) is 1.64. The van der Waals surface area contributed by atoms with Crippen LogP contribution in [0.1, 0.15) is 20.3 Å². The summed E-state index contributed by atoms with van der Waals surface area (Å²) in [5.74, 6) is 0.655. The molecule has 2 nitrogen and oxygen atoms in total. The van der Waals surface area contributed by atoms with Crippen LogP contribution < -0.4 is 0 Å². The van der Waals surface area contributed by atoms with Gasteiger partial charge in [0.15, 0.2) is 0 Å². The topological polar surface area (TPSA) is 12.5 Å². The summed E-state index contributed by atoms with van der Waals surface area (Å²) in [7, 11) is 6.08. The molecule has 0 saturated heterocycles. The van der Waals surface area contributed by atoms with Crippen molar-refractivity contribution >= 4 is 0 Å². The molecular weight excluding hydrogens is 138 g/mol. The van der Waals surface area contributed by atoms with Crippen LogP contribution in [0.15, 0.2) is 0 Å². The molecule has 0 N–H and O–H groups in total. The van der Waals surface area contributed by atoms with Crippen LogP contribution in [0.2, 0.25) is 0 Å². The Kier molecular flexibility index (Phi) is 2.26. The summed E-state index contributed by atoms with van der Waals surface area (Å²) in [5, 5.41) is 0. The highest BCUT2D eigenvalue weighted by molar-refractivity contribution is 5.03. The van der Waals surface area contributed by atoms with Crippen LogP contribution in [0, 0.1) is 5.92 Å². The zero-order chi connectivity index (χ0) is 8.65. The van der Waals surface area contributed by atoms with E-state index in [4.69, 9.17) is 4.74 Å². The second-order valence-corrected chi connectivity index (χ2v) is 4.02. The number of methoxy groups -OCH3 is 1. The summed E-state index contributed by atoms with van der Waals surface area (Å²) in [6.45, 7) is 4.56. The summed E-state index contributed by atoms with van der Waals surface area (Å²) >= 11 is 0. The van der Waals surface area contributed by atoms with Gasteiger partial charge in [-0.15, -0.1) is 0 Å². The van der Waals surface area contributed by atoms with Gasteiger partial charge < -0.3 is 9.64 Å². The highest BCUT2D eigenvalue weighted by Crippen LogP contribution is 2.43. The van der Waals surface area contributed by atoms with Gasteiger partial charge in [-0.2, -0.15) is 0 Å². The first-order valence-corrected chi connectivity index (χ1v) is 4.22. The predicted octanol–water partition coefficient (Wildman–Crippen LogP) is 1.36. The Labute approximate surface area is 69.5 Å². The summed E-state index contributed by atoms with van der Waals surface area (Å²) in [5.41, 5.74) is 0.362. The Balaban J connectivity index is 2.54. The standard InChI is InChI=1S/C9H19NO/c1-7-8(11-5)6-9(7,2)10(3)4/h7-8H,6H2,1-5H3. The lowest BCUT2D eigenvalue weighted by molar-refractivity contribution is -0.119. The van der Waals surface area contributed by atoms with E-state index in [1.165, 1.54) is 0 Å². The van der Waals surface area contributed by atoms with Crippen LogP contribution in [0.3, 0.4) is 0 Å². The van der Waals surface area contributed by atoms with E-state index in [-0.39, 0.29) is 0 Å². The number of nitrogens with zero attached hydrogens (tertiary/aromatic N) is 1. The molecule has 11 heavy (non-hydrogen) atoms. The summed E-state index contributed by atoms with van der Waals surface area (Å²) in [4.78, 5) is 2.30. The molecule has 3 unspecified atom stereocenters. The monoisotopic (exact) mass is 157 g/mol. The number of hydrogen-bond acceptors (Lipinski definition) is 2. The van der Waals surface area contributed by atoms with Gasteiger partial charge in [-0.05, 0) is 27.4 Å². The third kappa shape index (κ3) is 1.18. The van der Waals surface area contributed by atoms with Crippen LogP contribution >= 0.6 is 0 Å². The zero-order valence-electron chi connectivity index (χ0n) is 8.22. The van der Waals surface area contributed by atoms with E-state index in [1.807, 2.05) is 0 Å². The molecule has 0 aliphatic heterocycles. The summed E-state index contributed by atoms with van der Waals surface area (Å²) in [6, 6.07) is 0. The average Bonchev–Trinajstić information content (AvgIpc) is 1.98. The zero-order valence-corrected chi connectivity index (χ0v) is 8.22. The molecule has 2 heteroatoms. The molecule has 3 atom stereocenters. The molecule has 0 aromatic rings. The van der Waals surface area contributed by atoms with Crippen molar-refractivity contribution < 1.29 is 4.74 Å². The molecule has 66 valence electrons. The van der Waals surface area contributed by atoms with Crippen LogP contribution in [0.5, 0.6) is 0 Å². The molecule has 0 aromatic heterocycles. The molecule has 0 aromatic carbocycles. The highest BCUT2D eigenvalue weighted by atomic mass is 16.5. The van der Waals surface area contributed by atoms with Gasteiger partial charge in [0.1, 0.15) is 0 Å². The fourth-order valence-electron chi connectivity index (χ4n) is 1.89. The minimum atomic E-state index is 0.362. The van der Waals surface area contributed by atoms with Gasteiger partial charge >= 0.3 is 0 Å². The lowest BCUT2D eigenvalue weighted by Gasteiger charge is -2.54. The highest BCUT2D eigenvalue weighted by Gasteiger charge is 2.49.